The summed E-state index contributed by atoms with van der Waals surface area (Å²) in [6.07, 6.45) is 0. The van der Waals surface area contributed by atoms with Crippen LogP contribution in [0, 0.1) is 0 Å². The van der Waals surface area contributed by atoms with Gasteiger partial charge in [0, 0.05) is 39.8 Å². The van der Waals surface area contributed by atoms with Gasteiger partial charge >= 0.3 is 35.8 Å². The van der Waals surface area contributed by atoms with E-state index in [2.05, 4.69) is 19.7 Å². The van der Waals surface area contributed by atoms with Crippen molar-refractivity contribution in [3.8, 4) is 11.5 Å². The van der Waals surface area contributed by atoms with Crippen molar-refractivity contribution in [3.63, 3.8) is 0 Å². The van der Waals surface area contributed by atoms with Crippen LogP contribution in [0.4, 0.5) is 11.4 Å². The fourth-order valence-electron chi connectivity index (χ4n) is 2.45. The molecule has 0 saturated carbocycles. The molecule has 0 unspecified atom stereocenters. The minimum absolute atomic E-state index is 0.143. The Labute approximate surface area is 192 Å². The molecule has 0 N–H and O–H groups in total. The first kappa shape index (κ1) is 25.5. The molecule has 0 aliphatic heterocycles. The molecule has 0 radical (unpaired) electrons. The first-order valence-corrected chi connectivity index (χ1v) is 9.48. The summed E-state index contributed by atoms with van der Waals surface area (Å²) in [7, 11) is 0. The first-order valence-electron chi connectivity index (χ1n) is 9.48. The molecule has 0 aliphatic rings. The zero-order chi connectivity index (χ0) is 25.4. The maximum Gasteiger partial charge on any atom is 0.349 e. The lowest BCUT2D eigenvalue weighted by Gasteiger charge is -2.09. The SMILES string of the molecule is CC(=O)OC(=O)c1ccc(N=Nc2ccc(C(=O)OC(C)=O)c(OC(C)=O)c2)cc1OC(C)=O. The lowest BCUT2D eigenvalue weighted by Crippen LogP contribution is -2.12. The van der Waals surface area contributed by atoms with Crippen LogP contribution in [0.3, 0.4) is 0 Å². The summed E-state index contributed by atoms with van der Waals surface area (Å²) in [5.74, 6) is -5.62. The molecule has 0 aliphatic carbocycles. The van der Waals surface area contributed by atoms with Gasteiger partial charge in [0.25, 0.3) is 0 Å². The molecule has 2 aromatic rings. The Morgan fingerprint density at radius 2 is 0.912 bits per heavy atom. The number of rotatable bonds is 6. The number of azo groups is 1. The highest BCUT2D eigenvalue weighted by atomic mass is 16.6. The van der Waals surface area contributed by atoms with Gasteiger partial charge in [-0.15, -0.1) is 0 Å². The summed E-state index contributed by atoms with van der Waals surface area (Å²) in [5, 5.41) is 7.91. The maximum absolute atomic E-state index is 12.0. The average Bonchev–Trinajstić information content (AvgIpc) is 2.70. The highest BCUT2D eigenvalue weighted by molar-refractivity contribution is 6.00. The summed E-state index contributed by atoms with van der Waals surface area (Å²) in [5.41, 5.74) is -0.0842. The van der Waals surface area contributed by atoms with Crippen molar-refractivity contribution in [3.05, 3.63) is 47.5 Å². The monoisotopic (exact) mass is 470 g/mol. The summed E-state index contributed by atoms with van der Waals surface area (Å²) in [6.45, 7) is 4.31. The smallest absolute Gasteiger partial charge is 0.349 e. The van der Waals surface area contributed by atoms with Gasteiger partial charge < -0.3 is 18.9 Å². The Bertz CT molecular complexity index is 1120. The predicted molar refractivity (Wildman–Crippen MR) is 112 cm³/mol. The lowest BCUT2D eigenvalue weighted by molar-refractivity contribution is -0.136. The van der Waals surface area contributed by atoms with E-state index in [9.17, 15) is 28.8 Å². The van der Waals surface area contributed by atoms with Crippen molar-refractivity contribution in [1.29, 1.82) is 0 Å². The van der Waals surface area contributed by atoms with Crippen LogP contribution in [0.2, 0.25) is 0 Å². The Morgan fingerprint density at radius 1 is 0.559 bits per heavy atom. The van der Waals surface area contributed by atoms with Crippen LogP contribution in [0.1, 0.15) is 48.4 Å². The molecular weight excluding hydrogens is 452 g/mol. The number of esters is 6. The summed E-state index contributed by atoms with van der Waals surface area (Å²) in [6, 6.07) is 7.57. The number of ether oxygens (including phenoxy) is 4. The van der Waals surface area contributed by atoms with Gasteiger partial charge in [-0.25, -0.2) is 9.59 Å². The molecule has 0 bridgehead atoms. The first-order chi connectivity index (χ1) is 16.0. The fraction of sp³-hybridized carbons (Fsp3) is 0.182. The van der Waals surface area contributed by atoms with Gasteiger partial charge in [-0.05, 0) is 24.3 Å². The van der Waals surface area contributed by atoms with E-state index < -0.39 is 35.8 Å². The van der Waals surface area contributed by atoms with Crippen LogP contribution in [0.15, 0.2) is 46.6 Å². The molecule has 2 aromatic carbocycles. The Morgan fingerprint density at radius 3 is 1.21 bits per heavy atom. The second-order valence-corrected chi connectivity index (χ2v) is 6.51. The van der Waals surface area contributed by atoms with Gasteiger partial charge in [-0.2, -0.15) is 10.2 Å². The van der Waals surface area contributed by atoms with Crippen LogP contribution < -0.4 is 9.47 Å². The molecule has 0 saturated heterocycles. The number of carbonyl (C=O) groups excluding carboxylic acids is 6. The third-order valence-corrected chi connectivity index (χ3v) is 3.63. The molecule has 2 rings (SSSR count). The van der Waals surface area contributed by atoms with Gasteiger partial charge in [0.15, 0.2) is 0 Å². The van der Waals surface area contributed by atoms with Gasteiger partial charge in [0.05, 0.1) is 11.4 Å². The fourth-order valence-corrected chi connectivity index (χ4v) is 2.45. The molecule has 176 valence electrons. The Balaban J connectivity index is 2.39. The third-order valence-electron chi connectivity index (χ3n) is 3.63. The minimum Gasteiger partial charge on any atom is -0.426 e. The van der Waals surface area contributed by atoms with E-state index in [4.69, 9.17) is 9.47 Å². The number of benzene rings is 2. The van der Waals surface area contributed by atoms with E-state index >= 15 is 0 Å². The molecule has 0 aromatic heterocycles. The third kappa shape index (κ3) is 7.44. The lowest BCUT2D eigenvalue weighted by atomic mass is 10.2. The predicted octanol–water partition coefficient (Wildman–Crippen LogP) is 3.36. The van der Waals surface area contributed by atoms with Gasteiger partial charge in [-0.1, -0.05) is 0 Å². The number of hydrogen-bond acceptors (Lipinski definition) is 12. The second-order valence-electron chi connectivity index (χ2n) is 6.51. The minimum atomic E-state index is -1.02. The van der Waals surface area contributed by atoms with E-state index in [1.165, 1.54) is 36.4 Å². The van der Waals surface area contributed by atoms with Gasteiger partial charge in [-0.3, -0.25) is 19.2 Å². The van der Waals surface area contributed by atoms with Gasteiger partial charge in [0.1, 0.15) is 22.6 Å². The van der Waals surface area contributed by atoms with Crippen molar-refractivity contribution in [1.82, 2.24) is 0 Å². The van der Waals surface area contributed by atoms with Crippen LogP contribution in [0.5, 0.6) is 11.5 Å². The molecule has 0 atom stereocenters. The van der Waals surface area contributed by atoms with Crippen molar-refractivity contribution >= 4 is 47.2 Å². The highest BCUT2D eigenvalue weighted by Crippen LogP contribution is 2.30. The number of hydrogen-bond donors (Lipinski definition) is 0. The standard InChI is InChI=1S/C22H18N2O10/c1-11(25)31-19-9-15(5-7-17(19)21(29)33-13(3)27)23-24-16-6-8-18(22(30)34-14(4)28)20(10-16)32-12(2)26/h5-10H,1-4H3. The molecule has 0 fully saturated rings. The van der Waals surface area contributed by atoms with E-state index in [0.29, 0.717) is 0 Å². The summed E-state index contributed by atoms with van der Waals surface area (Å²) in [4.78, 5) is 68.9. The quantitative estimate of drug-likeness (QED) is 0.264. The molecule has 12 heteroatoms. The highest BCUT2D eigenvalue weighted by Gasteiger charge is 2.19. The van der Waals surface area contributed by atoms with Crippen molar-refractivity contribution in [2.75, 3.05) is 0 Å². The van der Waals surface area contributed by atoms with Crippen molar-refractivity contribution < 1.29 is 47.7 Å². The van der Waals surface area contributed by atoms with Crippen LogP contribution in [-0.4, -0.2) is 35.8 Å². The van der Waals surface area contributed by atoms with E-state index in [-0.39, 0.29) is 34.0 Å². The largest absolute Gasteiger partial charge is 0.426 e. The van der Waals surface area contributed by atoms with E-state index in [1.54, 1.807) is 0 Å². The molecular formula is C22H18N2O10. The van der Waals surface area contributed by atoms with Crippen molar-refractivity contribution in [2.45, 2.75) is 27.7 Å². The molecule has 0 spiro atoms. The summed E-state index contributed by atoms with van der Waals surface area (Å²) >= 11 is 0. The Kier molecular flexibility index (Phi) is 8.42. The van der Waals surface area contributed by atoms with Crippen molar-refractivity contribution in [2.24, 2.45) is 10.2 Å². The van der Waals surface area contributed by atoms with Crippen LogP contribution >= 0.6 is 0 Å². The average molecular weight is 470 g/mol. The topological polar surface area (TPSA) is 164 Å². The molecule has 34 heavy (non-hydrogen) atoms. The van der Waals surface area contributed by atoms with Crippen LogP contribution in [0.25, 0.3) is 0 Å². The zero-order valence-electron chi connectivity index (χ0n) is 18.4. The molecule has 0 heterocycles. The summed E-state index contributed by atoms with van der Waals surface area (Å²) < 4.78 is 19.0. The maximum atomic E-state index is 12.0. The molecule has 0 amide bonds. The second kappa shape index (κ2) is 11.2. The normalized spacial score (nSPS) is 10.4. The van der Waals surface area contributed by atoms with Gasteiger partial charge in [0.2, 0.25) is 0 Å². The number of nitrogens with zero attached hydrogens (tertiary/aromatic N) is 2. The van der Waals surface area contributed by atoms with E-state index in [0.717, 1.165) is 27.7 Å². The van der Waals surface area contributed by atoms with E-state index in [1.807, 2.05) is 0 Å². The number of carbonyl (C=O) groups is 6. The Hall–Kier alpha value is -4.74. The molecule has 12 nitrogen and oxygen atoms in total. The zero-order valence-corrected chi connectivity index (χ0v) is 18.4. The van der Waals surface area contributed by atoms with Crippen LogP contribution in [-0.2, 0) is 28.7 Å².